The van der Waals surface area contributed by atoms with E-state index in [2.05, 4.69) is 5.32 Å². The zero-order chi connectivity index (χ0) is 18.1. The fourth-order valence-electron chi connectivity index (χ4n) is 2.08. The van der Waals surface area contributed by atoms with E-state index in [0.717, 1.165) is 28.7 Å². The average Bonchev–Trinajstić information content (AvgIpc) is 2.97. The molecule has 0 spiro atoms. The fourth-order valence-corrected chi connectivity index (χ4v) is 3.91. The maximum Gasteiger partial charge on any atom is 0.330 e. The number of hydrogen-bond acceptors (Lipinski definition) is 5. The van der Waals surface area contributed by atoms with Crippen LogP contribution in [0.15, 0.2) is 34.5 Å². The lowest BCUT2D eigenvalue weighted by Gasteiger charge is -2.15. The lowest BCUT2D eigenvalue weighted by atomic mass is 10.0. The molecule has 0 fully saturated rings. The molecule has 0 saturated carbocycles. The zero-order valence-electron chi connectivity index (χ0n) is 13.4. The van der Waals surface area contributed by atoms with Gasteiger partial charge in [0.1, 0.15) is 4.21 Å². The molecular weight excluding hydrogens is 350 g/mol. The molecule has 0 aliphatic heterocycles. The minimum Gasteiger partial charge on any atom is -0.479 e. The van der Waals surface area contributed by atoms with Crippen LogP contribution in [-0.4, -0.2) is 31.7 Å². The molecule has 1 unspecified atom stereocenters. The number of sulfone groups is 1. The molecule has 6 nitrogen and oxygen atoms in total. The number of amides is 1. The Morgan fingerprint density at radius 1 is 1.12 bits per heavy atom. The lowest BCUT2D eigenvalue weighted by Crippen LogP contribution is -2.33. The molecule has 8 heteroatoms. The molecule has 2 rings (SSSR count). The van der Waals surface area contributed by atoms with Crippen LogP contribution in [0.2, 0.25) is 0 Å². The summed E-state index contributed by atoms with van der Waals surface area (Å²) in [6, 6.07) is 6.65. The van der Waals surface area contributed by atoms with E-state index in [1.807, 2.05) is 13.8 Å². The first-order valence-electron chi connectivity index (χ1n) is 7.00. The molecule has 24 heavy (non-hydrogen) atoms. The van der Waals surface area contributed by atoms with E-state index < -0.39 is 27.8 Å². The summed E-state index contributed by atoms with van der Waals surface area (Å²) in [5, 5.41) is 11.8. The second-order valence-electron chi connectivity index (χ2n) is 5.48. The highest BCUT2D eigenvalue weighted by Crippen LogP contribution is 2.23. The van der Waals surface area contributed by atoms with Gasteiger partial charge in [0.25, 0.3) is 5.91 Å². The third kappa shape index (κ3) is 4.01. The van der Waals surface area contributed by atoms with Crippen molar-refractivity contribution in [3.8, 4) is 0 Å². The highest BCUT2D eigenvalue weighted by atomic mass is 32.2. The quantitative estimate of drug-likeness (QED) is 0.845. The molecule has 0 saturated heterocycles. The number of carbonyl (C=O) groups is 2. The van der Waals surface area contributed by atoms with Crippen LogP contribution in [0.1, 0.15) is 32.4 Å². The van der Waals surface area contributed by atoms with Gasteiger partial charge in [-0.1, -0.05) is 18.2 Å². The molecule has 2 aromatic rings. The van der Waals surface area contributed by atoms with Crippen molar-refractivity contribution in [2.24, 2.45) is 0 Å². The number of carboxylic acids is 1. The second kappa shape index (κ2) is 6.74. The predicted molar refractivity (Wildman–Crippen MR) is 91.2 cm³/mol. The van der Waals surface area contributed by atoms with Crippen molar-refractivity contribution in [2.45, 2.75) is 24.1 Å². The average molecular weight is 367 g/mol. The summed E-state index contributed by atoms with van der Waals surface area (Å²) in [4.78, 5) is 23.9. The standard InChI is InChI=1S/C16H17NO5S2/c1-9-4-5-11(8-10(9)2)14(16(19)20)17-15(18)12-6-7-13(23-12)24(3,21)22/h4-8,14H,1-3H3,(H,17,18)(H,19,20). The van der Waals surface area contributed by atoms with Crippen molar-refractivity contribution < 1.29 is 23.1 Å². The van der Waals surface area contributed by atoms with Crippen molar-refractivity contribution in [3.63, 3.8) is 0 Å². The normalized spacial score (nSPS) is 12.6. The molecule has 0 aliphatic rings. The van der Waals surface area contributed by atoms with E-state index >= 15 is 0 Å². The molecule has 0 bridgehead atoms. The van der Waals surface area contributed by atoms with Gasteiger partial charge in [0.15, 0.2) is 15.9 Å². The molecule has 0 aliphatic carbocycles. The Bertz CT molecular complexity index is 899. The first-order valence-corrected chi connectivity index (χ1v) is 9.71. The van der Waals surface area contributed by atoms with Gasteiger partial charge in [-0.2, -0.15) is 0 Å². The summed E-state index contributed by atoms with van der Waals surface area (Å²) in [5.74, 6) is -1.81. The van der Waals surface area contributed by atoms with Gasteiger partial charge < -0.3 is 10.4 Å². The van der Waals surface area contributed by atoms with E-state index in [0.29, 0.717) is 5.56 Å². The number of nitrogens with one attached hydrogen (secondary N) is 1. The van der Waals surface area contributed by atoms with Crippen LogP contribution in [0.5, 0.6) is 0 Å². The predicted octanol–water partition coefficient (Wildman–Crippen LogP) is 2.32. The van der Waals surface area contributed by atoms with Gasteiger partial charge in [-0.15, -0.1) is 11.3 Å². The van der Waals surface area contributed by atoms with Crippen LogP contribution in [0, 0.1) is 13.8 Å². The third-order valence-corrected chi connectivity index (χ3v) is 6.46. The number of carbonyl (C=O) groups excluding carboxylic acids is 1. The Morgan fingerprint density at radius 2 is 1.79 bits per heavy atom. The van der Waals surface area contributed by atoms with Gasteiger partial charge in [-0.3, -0.25) is 4.79 Å². The molecular formula is C16H17NO5S2. The van der Waals surface area contributed by atoms with E-state index in [4.69, 9.17) is 0 Å². The van der Waals surface area contributed by atoms with Crippen molar-refractivity contribution in [1.29, 1.82) is 0 Å². The molecule has 1 atom stereocenters. The minimum atomic E-state index is -3.40. The van der Waals surface area contributed by atoms with E-state index in [1.54, 1.807) is 18.2 Å². The van der Waals surface area contributed by atoms with Crippen LogP contribution in [0.25, 0.3) is 0 Å². The van der Waals surface area contributed by atoms with Crippen LogP contribution < -0.4 is 5.32 Å². The van der Waals surface area contributed by atoms with Gasteiger partial charge in [-0.05, 0) is 42.7 Å². The van der Waals surface area contributed by atoms with Gasteiger partial charge in [-0.25, -0.2) is 13.2 Å². The molecule has 1 aromatic carbocycles. The topological polar surface area (TPSA) is 101 Å². The maximum atomic E-state index is 12.3. The van der Waals surface area contributed by atoms with Crippen LogP contribution >= 0.6 is 11.3 Å². The zero-order valence-corrected chi connectivity index (χ0v) is 15.0. The third-order valence-electron chi connectivity index (χ3n) is 3.56. The van der Waals surface area contributed by atoms with Gasteiger partial charge >= 0.3 is 5.97 Å². The Hall–Kier alpha value is -2.19. The second-order valence-corrected chi connectivity index (χ2v) is 8.81. The summed E-state index contributed by atoms with van der Waals surface area (Å²) in [7, 11) is -3.40. The monoisotopic (exact) mass is 367 g/mol. The summed E-state index contributed by atoms with van der Waals surface area (Å²) in [6.45, 7) is 3.77. The lowest BCUT2D eigenvalue weighted by molar-refractivity contribution is -0.139. The first-order chi connectivity index (χ1) is 11.1. The van der Waals surface area contributed by atoms with E-state index in [9.17, 15) is 23.1 Å². The largest absolute Gasteiger partial charge is 0.479 e. The number of aryl methyl sites for hydroxylation is 2. The molecule has 0 radical (unpaired) electrons. The van der Waals surface area contributed by atoms with Crippen molar-refractivity contribution in [3.05, 3.63) is 51.9 Å². The highest BCUT2D eigenvalue weighted by molar-refractivity contribution is 7.92. The Kier molecular flexibility index (Phi) is 5.10. The number of hydrogen-bond donors (Lipinski definition) is 2. The van der Waals surface area contributed by atoms with Crippen molar-refractivity contribution >= 4 is 33.1 Å². The van der Waals surface area contributed by atoms with Crippen molar-refractivity contribution in [2.75, 3.05) is 6.26 Å². The van der Waals surface area contributed by atoms with Crippen LogP contribution in [0.4, 0.5) is 0 Å². The summed E-state index contributed by atoms with van der Waals surface area (Å²) in [5.41, 5.74) is 2.40. The van der Waals surface area contributed by atoms with Crippen molar-refractivity contribution in [1.82, 2.24) is 5.32 Å². The molecule has 1 heterocycles. The number of benzene rings is 1. The SMILES string of the molecule is Cc1ccc(C(NC(=O)c2ccc(S(C)(=O)=O)s2)C(=O)O)cc1C. The Labute approximate surface area is 144 Å². The highest BCUT2D eigenvalue weighted by Gasteiger charge is 2.24. The Balaban J connectivity index is 2.27. The molecule has 1 amide bonds. The molecule has 128 valence electrons. The summed E-state index contributed by atoms with van der Waals surface area (Å²) >= 11 is 0.809. The van der Waals surface area contributed by atoms with Crippen LogP contribution in [-0.2, 0) is 14.6 Å². The van der Waals surface area contributed by atoms with Gasteiger partial charge in [0, 0.05) is 6.26 Å². The number of rotatable bonds is 5. The fraction of sp³-hybridized carbons (Fsp3) is 0.250. The molecule has 2 N–H and O–H groups in total. The summed E-state index contributed by atoms with van der Waals surface area (Å²) in [6.07, 6.45) is 1.05. The van der Waals surface area contributed by atoms with Crippen LogP contribution in [0.3, 0.4) is 0 Å². The number of carboxylic acid groups (broad SMARTS) is 1. The van der Waals surface area contributed by atoms with Gasteiger partial charge in [0.2, 0.25) is 0 Å². The van der Waals surface area contributed by atoms with Gasteiger partial charge in [0.05, 0.1) is 4.88 Å². The number of thiophene rings is 1. The summed E-state index contributed by atoms with van der Waals surface area (Å²) < 4.78 is 23.0. The number of aliphatic carboxylic acids is 1. The maximum absolute atomic E-state index is 12.3. The van der Waals surface area contributed by atoms with E-state index in [1.165, 1.54) is 12.1 Å². The smallest absolute Gasteiger partial charge is 0.330 e. The first kappa shape index (κ1) is 18.2. The minimum absolute atomic E-state index is 0.0608. The van der Waals surface area contributed by atoms with E-state index in [-0.39, 0.29) is 9.09 Å². The molecule has 1 aromatic heterocycles. The Morgan fingerprint density at radius 3 is 2.29 bits per heavy atom.